The molecule has 21 heavy (non-hydrogen) atoms. The quantitative estimate of drug-likeness (QED) is 0.741. The van der Waals surface area contributed by atoms with E-state index in [1.807, 2.05) is 0 Å². The molecule has 0 aromatic heterocycles. The Balaban J connectivity index is 1.90. The summed E-state index contributed by atoms with van der Waals surface area (Å²) in [6.45, 7) is 7.58. The lowest BCUT2D eigenvalue weighted by Gasteiger charge is -2.38. The van der Waals surface area contributed by atoms with E-state index in [9.17, 15) is 9.59 Å². The number of rotatable bonds is 1. The summed E-state index contributed by atoms with van der Waals surface area (Å²) in [7, 11) is 1.79. The van der Waals surface area contributed by atoms with Crippen LogP contribution in [0.25, 0.3) is 0 Å². The van der Waals surface area contributed by atoms with Crippen LogP contribution in [0.2, 0.25) is 0 Å². The zero-order chi connectivity index (χ0) is 15.5. The van der Waals surface area contributed by atoms with Crippen molar-refractivity contribution >= 4 is 11.8 Å². The minimum atomic E-state index is -0.332. The van der Waals surface area contributed by atoms with Gasteiger partial charge < -0.3 is 15.1 Å². The van der Waals surface area contributed by atoms with Crippen LogP contribution in [-0.4, -0.2) is 60.9 Å². The summed E-state index contributed by atoms with van der Waals surface area (Å²) in [5.74, 6) is -0.660. The summed E-state index contributed by atoms with van der Waals surface area (Å²) in [5, 5.41) is 3.25. The average molecular weight is 295 g/mol. The first-order valence-corrected chi connectivity index (χ1v) is 8.17. The van der Waals surface area contributed by atoms with Crippen LogP contribution in [0, 0.1) is 5.41 Å². The van der Waals surface area contributed by atoms with Gasteiger partial charge in [-0.25, -0.2) is 0 Å². The fourth-order valence-corrected chi connectivity index (χ4v) is 3.27. The highest BCUT2D eigenvalue weighted by atomic mass is 16.2. The lowest BCUT2D eigenvalue weighted by atomic mass is 9.75. The van der Waals surface area contributed by atoms with E-state index in [1.165, 1.54) is 0 Å². The molecule has 0 aromatic rings. The SMILES string of the molecule is CN(C(=O)C(=O)N1CCCNCC1)C1CCC(C)(C)CC1. The third kappa shape index (κ3) is 4.19. The molecule has 1 saturated carbocycles. The van der Waals surface area contributed by atoms with Gasteiger partial charge in [0, 0.05) is 32.7 Å². The number of amides is 2. The van der Waals surface area contributed by atoms with Gasteiger partial charge in [-0.05, 0) is 44.1 Å². The maximum atomic E-state index is 12.4. The molecule has 0 spiro atoms. The lowest BCUT2D eigenvalue weighted by molar-refractivity contribution is -0.152. The van der Waals surface area contributed by atoms with Gasteiger partial charge in [0.1, 0.15) is 0 Å². The summed E-state index contributed by atoms with van der Waals surface area (Å²) in [6, 6.07) is 0.222. The van der Waals surface area contributed by atoms with Gasteiger partial charge in [0.25, 0.3) is 0 Å². The second-order valence-corrected chi connectivity index (χ2v) is 7.21. The Morgan fingerprint density at radius 2 is 1.81 bits per heavy atom. The summed E-state index contributed by atoms with van der Waals surface area (Å²) in [4.78, 5) is 28.2. The average Bonchev–Trinajstić information content (AvgIpc) is 2.74. The maximum absolute atomic E-state index is 12.4. The highest BCUT2D eigenvalue weighted by Crippen LogP contribution is 2.36. The van der Waals surface area contributed by atoms with Gasteiger partial charge in [-0.2, -0.15) is 0 Å². The van der Waals surface area contributed by atoms with Crippen molar-refractivity contribution in [3.8, 4) is 0 Å². The van der Waals surface area contributed by atoms with Crippen molar-refractivity contribution in [1.82, 2.24) is 15.1 Å². The Morgan fingerprint density at radius 1 is 1.14 bits per heavy atom. The van der Waals surface area contributed by atoms with Gasteiger partial charge >= 0.3 is 11.8 Å². The van der Waals surface area contributed by atoms with E-state index in [4.69, 9.17) is 0 Å². The van der Waals surface area contributed by atoms with Crippen molar-refractivity contribution in [1.29, 1.82) is 0 Å². The standard InChI is InChI=1S/C16H29N3O2/c1-16(2)7-5-13(6-8-16)18(3)14(20)15(21)19-11-4-9-17-10-12-19/h13,17H,4-12H2,1-3H3. The molecule has 0 atom stereocenters. The summed E-state index contributed by atoms with van der Waals surface area (Å²) >= 11 is 0. The van der Waals surface area contributed by atoms with Crippen LogP contribution in [0.1, 0.15) is 46.0 Å². The van der Waals surface area contributed by atoms with Gasteiger partial charge in [-0.1, -0.05) is 13.8 Å². The molecule has 0 aromatic carbocycles. The van der Waals surface area contributed by atoms with Crippen LogP contribution in [0.15, 0.2) is 0 Å². The molecule has 0 radical (unpaired) electrons. The van der Waals surface area contributed by atoms with Gasteiger partial charge in [0.2, 0.25) is 0 Å². The van der Waals surface area contributed by atoms with Crippen LogP contribution >= 0.6 is 0 Å². The summed E-state index contributed by atoms with van der Waals surface area (Å²) in [5.41, 5.74) is 0.376. The first-order valence-electron chi connectivity index (χ1n) is 8.17. The Kier molecular flexibility index (Phi) is 5.25. The summed E-state index contributed by atoms with van der Waals surface area (Å²) < 4.78 is 0. The van der Waals surface area contributed by atoms with Gasteiger partial charge in [0.15, 0.2) is 0 Å². The molecule has 1 heterocycles. The van der Waals surface area contributed by atoms with Crippen LogP contribution in [-0.2, 0) is 9.59 Å². The van der Waals surface area contributed by atoms with E-state index in [0.29, 0.717) is 18.5 Å². The first kappa shape index (κ1) is 16.3. The molecule has 2 rings (SSSR count). The van der Waals surface area contributed by atoms with Crippen molar-refractivity contribution < 1.29 is 9.59 Å². The first-order chi connectivity index (χ1) is 9.91. The zero-order valence-corrected chi connectivity index (χ0v) is 13.7. The molecule has 0 unspecified atom stereocenters. The van der Waals surface area contributed by atoms with Crippen molar-refractivity contribution in [2.75, 3.05) is 33.2 Å². The van der Waals surface area contributed by atoms with Crippen LogP contribution in [0.4, 0.5) is 0 Å². The number of nitrogens with zero attached hydrogens (tertiary/aromatic N) is 2. The molecule has 2 aliphatic rings. The maximum Gasteiger partial charge on any atom is 0.312 e. The van der Waals surface area contributed by atoms with E-state index in [-0.39, 0.29) is 17.9 Å². The Hall–Kier alpha value is -1.10. The normalized spacial score (nSPS) is 23.5. The molecule has 1 aliphatic heterocycles. The van der Waals surface area contributed by atoms with Crippen LogP contribution in [0.5, 0.6) is 0 Å². The van der Waals surface area contributed by atoms with E-state index >= 15 is 0 Å². The second kappa shape index (κ2) is 6.77. The Bertz CT molecular complexity index is 377. The Morgan fingerprint density at radius 3 is 2.48 bits per heavy atom. The highest BCUT2D eigenvalue weighted by molar-refractivity contribution is 6.34. The number of hydrogen-bond donors (Lipinski definition) is 1. The lowest BCUT2D eigenvalue weighted by Crippen LogP contribution is -2.49. The molecule has 5 nitrogen and oxygen atoms in total. The second-order valence-electron chi connectivity index (χ2n) is 7.21. The van der Waals surface area contributed by atoms with E-state index in [2.05, 4.69) is 19.2 Å². The van der Waals surface area contributed by atoms with Crippen molar-refractivity contribution in [2.45, 2.75) is 52.0 Å². The van der Waals surface area contributed by atoms with E-state index < -0.39 is 0 Å². The smallest absolute Gasteiger partial charge is 0.312 e. The fraction of sp³-hybridized carbons (Fsp3) is 0.875. The van der Waals surface area contributed by atoms with Gasteiger partial charge in [-0.15, -0.1) is 0 Å². The van der Waals surface area contributed by atoms with Crippen LogP contribution in [0.3, 0.4) is 0 Å². The van der Waals surface area contributed by atoms with E-state index in [1.54, 1.807) is 16.8 Å². The number of likely N-dealkylation sites (N-methyl/N-ethyl adjacent to an activating group) is 1. The molecule has 1 saturated heterocycles. The monoisotopic (exact) mass is 295 g/mol. The van der Waals surface area contributed by atoms with Crippen molar-refractivity contribution in [3.05, 3.63) is 0 Å². The molecule has 1 N–H and O–H groups in total. The fourth-order valence-electron chi connectivity index (χ4n) is 3.27. The molecule has 1 aliphatic carbocycles. The van der Waals surface area contributed by atoms with Gasteiger partial charge in [0.05, 0.1) is 0 Å². The third-order valence-corrected chi connectivity index (χ3v) is 4.99. The minimum Gasteiger partial charge on any atom is -0.335 e. The summed E-state index contributed by atoms with van der Waals surface area (Å²) in [6.07, 6.45) is 5.17. The number of carbonyl (C=O) groups is 2. The molecule has 120 valence electrons. The zero-order valence-electron chi connectivity index (χ0n) is 13.7. The van der Waals surface area contributed by atoms with E-state index in [0.717, 1.165) is 45.2 Å². The number of hydrogen-bond acceptors (Lipinski definition) is 3. The molecule has 2 fully saturated rings. The largest absolute Gasteiger partial charge is 0.335 e. The predicted molar refractivity (Wildman–Crippen MR) is 82.9 cm³/mol. The molecular weight excluding hydrogens is 266 g/mol. The highest BCUT2D eigenvalue weighted by Gasteiger charge is 2.34. The molecular formula is C16H29N3O2. The molecule has 2 amide bonds. The van der Waals surface area contributed by atoms with Crippen molar-refractivity contribution in [3.63, 3.8) is 0 Å². The number of carbonyl (C=O) groups excluding carboxylic acids is 2. The van der Waals surface area contributed by atoms with Crippen LogP contribution < -0.4 is 5.32 Å². The number of nitrogens with one attached hydrogen (secondary N) is 1. The molecule has 5 heteroatoms. The predicted octanol–water partition coefficient (Wildman–Crippen LogP) is 1.24. The molecule has 0 bridgehead atoms. The minimum absolute atomic E-state index is 0.222. The third-order valence-electron chi connectivity index (χ3n) is 4.99. The van der Waals surface area contributed by atoms with Gasteiger partial charge in [-0.3, -0.25) is 9.59 Å². The topological polar surface area (TPSA) is 52.7 Å². The Labute approximate surface area is 128 Å². The van der Waals surface area contributed by atoms with Crippen molar-refractivity contribution in [2.24, 2.45) is 5.41 Å².